The van der Waals surface area contributed by atoms with Gasteiger partial charge in [0.1, 0.15) is 5.82 Å². The number of anilines is 1. The van der Waals surface area contributed by atoms with Gasteiger partial charge in [0.05, 0.1) is 18.8 Å². The van der Waals surface area contributed by atoms with E-state index in [1.807, 2.05) is 12.1 Å². The number of morpholine rings is 1. The summed E-state index contributed by atoms with van der Waals surface area (Å²) in [6.45, 7) is 3.23. The monoisotopic (exact) mass is 341 g/mol. The van der Waals surface area contributed by atoms with E-state index in [2.05, 4.69) is 15.2 Å². The van der Waals surface area contributed by atoms with E-state index in [4.69, 9.17) is 4.74 Å². The van der Waals surface area contributed by atoms with E-state index in [0.717, 1.165) is 55.8 Å². The van der Waals surface area contributed by atoms with Crippen LogP contribution in [0, 0.1) is 23.7 Å². The Balaban J connectivity index is 1.23. The first kappa shape index (κ1) is 15.6. The summed E-state index contributed by atoms with van der Waals surface area (Å²) in [7, 11) is 0. The maximum absolute atomic E-state index is 12.7. The number of fused-ring (bicyclic) bond motifs is 5. The minimum absolute atomic E-state index is 0.0492. The topological polar surface area (TPSA) is 54.5 Å². The van der Waals surface area contributed by atoms with Crippen LogP contribution in [0.2, 0.25) is 0 Å². The number of hydrogen-bond acceptors (Lipinski definition) is 4. The maximum atomic E-state index is 12.7. The Kier molecular flexibility index (Phi) is 3.92. The van der Waals surface area contributed by atoms with Crippen molar-refractivity contribution in [2.75, 3.05) is 31.2 Å². The molecule has 1 N–H and O–H groups in total. The van der Waals surface area contributed by atoms with Gasteiger partial charge in [-0.25, -0.2) is 4.98 Å². The summed E-state index contributed by atoms with van der Waals surface area (Å²) >= 11 is 0. The zero-order valence-corrected chi connectivity index (χ0v) is 14.7. The number of rotatable bonds is 3. The Bertz CT molecular complexity index is 641. The number of carbonyl (C=O) groups excluding carboxylic acids is 1. The molecular formula is C20H27N3O2. The molecule has 0 unspecified atom stereocenters. The summed E-state index contributed by atoms with van der Waals surface area (Å²) in [6, 6.07) is 4.27. The molecule has 1 saturated heterocycles. The minimum Gasteiger partial charge on any atom is -0.378 e. The van der Waals surface area contributed by atoms with Gasteiger partial charge in [0.25, 0.3) is 5.91 Å². The van der Waals surface area contributed by atoms with E-state index in [1.165, 1.54) is 32.1 Å². The van der Waals surface area contributed by atoms with Crippen molar-refractivity contribution >= 4 is 11.7 Å². The molecule has 0 radical (unpaired) electrons. The fraction of sp³-hybridized carbons (Fsp3) is 0.700. The fourth-order valence-electron chi connectivity index (χ4n) is 5.99. The zero-order chi connectivity index (χ0) is 16.8. The van der Waals surface area contributed by atoms with Gasteiger partial charge < -0.3 is 15.0 Å². The second kappa shape index (κ2) is 6.27. The van der Waals surface area contributed by atoms with Crippen LogP contribution in [0.15, 0.2) is 18.3 Å². The summed E-state index contributed by atoms with van der Waals surface area (Å²) in [6.07, 6.45) is 8.47. The quantitative estimate of drug-likeness (QED) is 0.918. The number of nitrogens with zero attached hydrogens (tertiary/aromatic N) is 2. The number of hydrogen-bond donors (Lipinski definition) is 1. The highest BCUT2D eigenvalue weighted by molar-refractivity contribution is 5.94. The van der Waals surface area contributed by atoms with Crippen LogP contribution in [0.1, 0.15) is 42.5 Å². The standard InChI is InChI=1S/C20H27N3O2/c24-20(13-4-5-19(21-12-13)23-6-8-25-9-7-23)22-18-11-14-10-17(18)16-3-1-2-15(14)16/h4-5,12,14-18H,1-3,6-11H2,(H,22,24)/t14-,15+,16-,17+,18-/m1/s1. The lowest BCUT2D eigenvalue weighted by atomic mass is 9.79. The van der Waals surface area contributed by atoms with E-state index in [-0.39, 0.29) is 5.91 Å². The number of amides is 1. The van der Waals surface area contributed by atoms with Crippen molar-refractivity contribution in [3.63, 3.8) is 0 Å². The van der Waals surface area contributed by atoms with Gasteiger partial charge in [-0.3, -0.25) is 4.79 Å². The molecule has 1 aliphatic heterocycles. The predicted octanol–water partition coefficient (Wildman–Crippen LogP) is 2.47. The number of aromatic nitrogens is 1. The van der Waals surface area contributed by atoms with Gasteiger partial charge in [0.2, 0.25) is 0 Å². The van der Waals surface area contributed by atoms with Gasteiger partial charge in [-0.15, -0.1) is 0 Å². The van der Waals surface area contributed by atoms with E-state index < -0.39 is 0 Å². The average Bonchev–Trinajstić information content (AvgIpc) is 3.36. The third-order valence-electron chi connectivity index (χ3n) is 7.09. The van der Waals surface area contributed by atoms with Crippen molar-refractivity contribution in [3.8, 4) is 0 Å². The first-order valence-corrected chi connectivity index (χ1v) is 9.89. The van der Waals surface area contributed by atoms with Crippen molar-refractivity contribution in [2.45, 2.75) is 38.1 Å². The van der Waals surface area contributed by atoms with Crippen molar-refractivity contribution in [1.82, 2.24) is 10.3 Å². The molecule has 0 aromatic carbocycles. The Morgan fingerprint density at radius 3 is 2.76 bits per heavy atom. The molecule has 5 rings (SSSR count). The molecule has 5 nitrogen and oxygen atoms in total. The Morgan fingerprint density at radius 1 is 1.12 bits per heavy atom. The van der Waals surface area contributed by atoms with Gasteiger partial charge in [-0.2, -0.15) is 0 Å². The van der Waals surface area contributed by atoms with E-state index in [0.29, 0.717) is 11.6 Å². The molecule has 134 valence electrons. The summed E-state index contributed by atoms with van der Waals surface area (Å²) in [5.74, 6) is 4.42. The third-order valence-corrected chi connectivity index (χ3v) is 7.09. The molecule has 5 atom stereocenters. The zero-order valence-electron chi connectivity index (χ0n) is 14.7. The lowest BCUT2D eigenvalue weighted by Gasteiger charge is -2.32. The molecule has 1 aromatic heterocycles. The first-order chi connectivity index (χ1) is 12.3. The van der Waals surface area contributed by atoms with Crippen molar-refractivity contribution in [3.05, 3.63) is 23.9 Å². The molecule has 3 saturated carbocycles. The molecule has 5 heteroatoms. The van der Waals surface area contributed by atoms with Gasteiger partial charge in [0.15, 0.2) is 0 Å². The Morgan fingerprint density at radius 2 is 1.96 bits per heavy atom. The number of nitrogens with one attached hydrogen (secondary N) is 1. The molecule has 2 bridgehead atoms. The van der Waals surface area contributed by atoms with E-state index >= 15 is 0 Å². The summed E-state index contributed by atoms with van der Waals surface area (Å²) in [5.41, 5.74) is 0.683. The fourth-order valence-corrected chi connectivity index (χ4v) is 5.99. The summed E-state index contributed by atoms with van der Waals surface area (Å²) in [5, 5.41) is 3.33. The maximum Gasteiger partial charge on any atom is 0.253 e. The lowest BCUT2D eigenvalue weighted by Crippen LogP contribution is -2.42. The lowest BCUT2D eigenvalue weighted by molar-refractivity contribution is 0.0900. The van der Waals surface area contributed by atoms with Crippen LogP contribution in [0.4, 0.5) is 5.82 Å². The second-order valence-corrected chi connectivity index (χ2v) is 8.24. The molecule has 25 heavy (non-hydrogen) atoms. The Hall–Kier alpha value is -1.62. The van der Waals surface area contributed by atoms with Crippen LogP contribution < -0.4 is 10.2 Å². The highest BCUT2D eigenvalue weighted by atomic mass is 16.5. The summed E-state index contributed by atoms with van der Waals surface area (Å²) < 4.78 is 5.38. The van der Waals surface area contributed by atoms with Crippen molar-refractivity contribution in [2.24, 2.45) is 23.7 Å². The number of pyridine rings is 1. The minimum atomic E-state index is 0.0492. The predicted molar refractivity (Wildman–Crippen MR) is 95.6 cm³/mol. The highest BCUT2D eigenvalue weighted by Crippen LogP contribution is 2.58. The molecule has 2 heterocycles. The van der Waals surface area contributed by atoms with Crippen LogP contribution in [0.25, 0.3) is 0 Å². The molecule has 4 aliphatic rings. The average molecular weight is 341 g/mol. The van der Waals surface area contributed by atoms with Gasteiger partial charge in [0, 0.05) is 25.3 Å². The van der Waals surface area contributed by atoms with E-state index in [1.54, 1.807) is 6.20 Å². The molecular weight excluding hydrogens is 314 g/mol. The molecule has 4 fully saturated rings. The smallest absolute Gasteiger partial charge is 0.253 e. The van der Waals surface area contributed by atoms with Crippen molar-refractivity contribution in [1.29, 1.82) is 0 Å². The van der Waals surface area contributed by atoms with Crippen LogP contribution in [-0.4, -0.2) is 43.2 Å². The molecule has 0 spiro atoms. The Labute approximate surface area is 149 Å². The van der Waals surface area contributed by atoms with Gasteiger partial charge >= 0.3 is 0 Å². The third kappa shape index (κ3) is 2.73. The first-order valence-electron chi connectivity index (χ1n) is 9.89. The largest absolute Gasteiger partial charge is 0.378 e. The second-order valence-electron chi connectivity index (χ2n) is 8.24. The summed E-state index contributed by atoms with van der Waals surface area (Å²) in [4.78, 5) is 19.4. The molecule has 1 aromatic rings. The molecule has 3 aliphatic carbocycles. The normalized spacial score (nSPS) is 36.5. The van der Waals surface area contributed by atoms with Crippen LogP contribution in [-0.2, 0) is 4.74 Å². The number of carbonyl (C=O) groups is 1. The van der Waals surface area contributed by atoms with Gasteiger partial charge in [-0.05, 0) is 61.5 Å². The van der Waals surface area contributed by atoms with E-state index in [9.17, 15) is 4.79 Å². The number of ether oxygens (including phenoxy) is 1. The van der Waals surface area contributed by atoms with Gasteiger partial charge in [-0.1, -0.05) is 6.42 Å². The van der Waals surface area contributed by atoms with Crippen LogP contribution >= 0.6 is 0 Å². The van der Waals surface area contributed by atoms with Crippen LogP contribution in [0.3, 0.4) is 0 Å². The SMILES string of the molecule is O=C(N[C@@H]1C[C@H]2C[C@H]1[C@@H]1CCC[C@@H]21)c1ccc(N2CCOCC2)nc1. The van der Waals surface area contributed by atoms with Crippen molar-refractivity contribution < 1.29 is 9.53 Å². The van der Waals surface area contributed by atoms with Crippen LogP contribution in [0.5, 0.6) is 0 Å². The highest BCUT2D eigenvalue weighted by Gasteiger charge is 2.54. The molecule has 1 amide bonds.